The summed E-state index contributed by atoms with van der Waals surface area (Å²) in [5.74, 6) is 4.78. The monoisotopic (exact) mass is 216 g/mol. The van der Waals surface area contributed by atoms with Gasteiger partial charge < -0.3 is 5.32 Å². The number of hydrazine groups is 1. The second kappa shape index (κ2) is 8.19. The summed E-state index contributed by atoms with van der Waals surface area (Å²) in [6.07, 6.45) is 2.09. The van der Waals surface area contributed by atoms with E-state index in [0.29, 0.717) is 13.0 Å². The molecule has 0 rings (SSSR count). The summed E-state index contributed by atoms with van der Waals surface area (Å²) in [5.41, 5.74) is 2.08. The number of carbonyl (C=O) groups excluding carboxylic acids is 2. The van der Waals surface area contributed by atoms with Crippen LogP contribution in [0.2, 0.25) is 0 Å². The summed E-state index contributed by atoms with van der Waals surface area (Å²) < 4.78 is 0. The van der Waals surface area contributed by atoms with Crippen molar-refractivity contribution in [1.29, 1.82) is 0 Å². The standard InChI is InChI=1S/C9H20N4O2/c1-11-9(15)7-13(2)6-4-3-5-8(14)12-10/h3-7,10H2,1-2H3,(H,11,15)(H,12,14). The fourth-order valence-corrected chi connectivity index (χ4v) is 1.14. The third kappa shape index (κ3) is 7.90. The van der Waals surface area contributed by atoms with E-state index in [4.69, 9.17) is 5.84 Å². The van der Waals surface area contributed by atoms with Gasteiger partial charge in [-0.15, -0.1) is 0 Å². The number of amides is 2. The number of hydrogen-bond acceptors (Lipinski definition) is 4. The maximum absolute atomic E-state index is 11.0. The predicted molar refractivity (Wildman–Crippen MR) is 57.7 cm³/mol. The topological polar surface area (TPSA) is 87.5 Å². The Bertz CT molecular complexity index is 208. The molecule has 0 aliphatic heterocycles. The molecule has 0 bridgehead atoms. The fourth-order valence-electron chi connectivity index (χ4n) is 1.14. The highest BCUT2D eigenvalue weighted by atomic mass is 16.2. The first kappa shape index (κ1) is 13.9. The summed E-state index contributed by atoms with van der Waals surface area (Å²) in [4.78, 5) is 23.7. The van der Waals surface area contributed by atoms with Crippen molar-refractivity contribution < 1.29 is 9.59 Å². The molecule has 0 aromatic rings. The molecule has 0 saturated heterocycles. The molecule has 0 atom stereocenters. The summed E-state index contributed by atoms with van der Waals surface area (Å²) in [7, 11) is 3.49. The molecular weight excluding hydrogens is 196 g/mol. The number of rotatable bonds is 7. The van der Waals surface area contributed by atoms with E-state index in [2.05, 4.69) is 10.7 Å². The highest BCUT2D eigenvalue weighted by molar-refractivity contribution is 5.77. The molecule has 6 nitrogen and oxygen atoms in total. The van der Waals surface area contributed by atoms with Crippen LogP contribution in [-0.2, 0) is 9.59 Å². The van der Waals surface area contributed by atoms with Crippen LogP contribution in [0.4, 0.5) is 0 Å². The van der Waals surface area contributed by atoms with Crippen LogP contribution in [0.1, 0.15) is 19.3 Å². The summed E-state index contributed by atoms with van der Waals surface area (Å²) in [5, 5.41) is 2.55. The van der Waals surface area contributed by atoms with Crippen molar-refractivity contribution in [1.82, 2.24) is 15.6 Å². The smallest absolute Gasteiger partial charge is 0.233 e. The van der Waals surface area contributed by atoms with Crippen molar-refractivity contribution in [3.63, 3.8) is 0 Å². The molecule has 0 aliphatic carbocycles. The highest BCUT2D eigenvalue weighted by Crippen LogP contribution is 1.96. The zero-order valence-electron chi connectivity index (χ0n) is 9.38. The lowest BCUT2D eigenvalue weighted by Gasteiger charge is -2.14. The minimum absolute atomic E-state index is 0.00259. The summed E-state index contributed by atoms with van der Waals surface area (Å²) >= 11 is 0. The Hall–Kier alpha value is -1.14. The molecule has 0 aliphatic rings. The Morgan fingerprint density at radius 1 is 1.27 bits per heavy atom. The van der Waals surface area contributed by atoms with Gasteiger partial charge in [0.2, 0.25) is 11.8 Å². The number of nitrogens with zero attached hydrogens (tertiary/aromatic N) is 1. The molecule has 6 heteroatoms. The van der Waals surface area contributed by atoms with E-state index in [1.165, 1.54) is 0 Å². The summed E-state index contributed by atoms with van der Waals surface area (Å²) in [6.45, 7) is 1.19. The van der Waals surface area contributed by atoms with Crippen LogP contribution in [0.15, 0.2) is 0 Å². The SMILES string of the molecule is CNC(=O)CN(C)CCCCC(=O)NN. The minimum atomic E-state index is -0.149. The van der Waals surface area contributed by atoms with Crippen LogP contribution in [-0.4, -0.2) is 43.9 Å². The van der Waals surface area contributed by atoms with Crippen LogP contribution >= 0.6 is 0 Å². The molecule has 0 spiro atoms. The molecule has 2 amide bonds. The van der Waals surface area contributed by atoms with Crippen molar-refractivity contribution in [2.45, 2.75) is 19.3 Å². The zero-order valence-corrected chi connectivity index (χ0v) is 9.38. The third-order valence-corrected chi connectivity index (χ3v) is 2.05. The zero-order chi connectivity index (χ0) is 11.7. The maximum Gasteiger partial charge on any atom is 0.233 e. The van der Waals surface area contributed by atoms with Crippen molar-refractivity contribution >= 4 is 11.8 Å². The van der Waals surface area contributed by atoms with E-state index < -0.39 is 0 Å². The lowest BCUT2D eigenvalue weighted by atomic mass is 10.2. The Labute approximate surface area is 90.2 Å². The Morgan fingerprint density at radius 2 is 1.93 bits per heavy atom. The number of nitrogens with two attached hydrogens (primary N) is 1. The van der Waals surface area contributed by atoms with Gasteiger partial charge in [0.15, 0.2) is 0 Å². The first-order valence-electron chi connectivity index (χ1n) is 4.98. The van der Waals surface area contributed by atoms with Gasteiger partial charge in [0, 0.05) is 13.5 Å². The summed E-state index contributed by atoms with van der Waals surface area (Å²) in [6, 6.07) is 0. The fraction of sp³-hybridized carbons (Fsp3) is 0.778. The van der Waals surface area contributed by atoms with Gasteiger partial charge in [-0.05, 0) is 26.4 Å². The number of likely N-dealkylation sites (N-methyl/N-ethyl adjacent to an activating group) is 2. The molecule has 0 heterocycles. The molecule has 88 valence electrons. The van der Waals surface area contributed by atoms with Crippen LogP contribution in [0.3, 0.4) is 0 Å². The van der Waals surface area contributed by atoms with E-state index in [1.807, 2.05) is 11.9 Å². The van der Waals surface area contributed by atoms with Crippen molar-refractivity contribution in [3.05, 3.63) is 0 Å². The number of nitrogens with one attached hydrogen (secondary N) is 2. The quantitative estimate of drug-likeness (QED) is 0.216. The minimum Gasteiger partial charge on any atom is -0.358 e. The van der Waals surface area contributed by atoms with E-state index in [1.54, 1.807) is 7.05 Å². The average molecular weight is 216 g/mol. The van der Waals surface area contributed by atoms with E-state index in [9.17, 15) is 9.59 Å². The molecule has 0 aromatic carbocycles. The highest BCUT2D eigenvalue weighted by Gasteiger charge is 2.04. The van der Waals surface area contributed by atoms with Gasteiger partial charge in [-0.1, -0.05) is 0 Å². The lowest BCUT2D eigenvalue weighted by Crippen LogP contribution is -2.33. The van der Waals surface area contributed by atoms with Gasteiger partial charge >= 0.3 is 0 Å². The first-order valence-corrected chi connectivity index (χ1v) is 4.98. The largest absolute Gasteiger partial charge is 0.358 e. The normalized spacial score (nSPS) is 10.1. The second-order valence-electron chi connectivity index (χ2n) is 3.44. The van der Waals surface area contributed by atoms with Crippen molar-refractivity contribution in [2.75, 3.05) is 27.2 Å². The van der Waals surface area contributed by atoms with Crippen molar-refractivity contribution in [2.24, 2.45) is 5.84 Å². The van der Waals surface area contributed by atoms with Gasteiger partial charge in [-0.2, -0.15) is 0 Å². The van der Waals surface area contributed by atoms with Crippen LogP contribution in [0.25, 0.3) is 0 Å². The number of hydrogen-bond donors (Lipinski definition) is 3. The second-order valence-corrected chi connectivity index (χ2v) is 3.44. The van der Waals surface area contributed by atoms with Gasteiger partial charge in [0.05, 0.1) is 6.54 Å². The van der Waals surface area contributed by atoms with Crippen LogP contribution in [0, 0.1) is 0 Å². The van der Waals surface area contributed by atoms with Crippen molar-refractivity contribution in [3.8, 4) is 0 Å². The third-order valence-electron chi connectivity index (χ3n) is 2.05. The molecule has 4 N–H and O–H groups in total. The Morgan fingerprint density at radius 3 is 2.47 bits per heavy atom. The van der Waals surface area contributed by atoms with Gasteiger partial charge in [-0.25, -0.2) is 5.84 Å². The van der Waals surface area contributed by atoms with E-state index in [-0.39, 0.29) is 11.8 Å². The molecule has 15 heavy (non-hydrogen) atoms. The number of unbranched alkanes of at least 4 members (excludes halogenated alkanes) is 1. The van der Waals surface area contributed by atoms with Gasteiger partial charge in [0.1, 0.15) is 0 Å². The first-order chi connectivity index (χ1) is 7.10. The van der Waals surface area contributed by atoms with E-state index >= 15 is 0 Å². The van der Waals surface area contributed by atoms with Crippen LogP contribution in [0.5, 0.6) is 0 Å². The Balaban J connectivity index is 3.42. The Kier molecular flexibility index (Phi) is 7.57. The van der Waals surface area contributed by atoms with E-state index in [0.717, 1.165) is 19.4 Å². The lowest BCUT2D eigenvalue weighted by molar-refractivity contribution is -0.122. The van der Waals surface area contributed by atoms with Gasteiger partial charge in [0.25, 0.3) is 0 Å². The molecule has 0 radical (unpaired) electrons. The molecule has 0 saturated carbocycles. The van der Waals surface area contributed by atoms with Gasteiger partial charge in [-0.3, -0.25) is 19.9 Å². The predicted octanol–water partition coefficient (Wildman–Crippen LogP) is -1.18. The average Bonchev–Trinajstić information content (AvgIpc) is 2.23. The maximum atomic E-state index is 11.0. The molecule has 0 fully saturated rings. The molecule has 0 unspecified atom stereocenters. The molecular formula is C9H20N4O2. The molecule has 0 aromatic heterocycles. The van der Waals surface area contributed by atoms with Crippen LogP contribution < -0.4 is 16.6 Å². The number of carbonyl (C=O) groups is 2.